The van der Waals surface area contributed by atoms with E-state index in [1.54, 1.807) is 19.2 Å². The molecule has 0 atom stereocenters. The van der Waals surface area contributed by atoms with Crippen LogP contribution in [-0.4, -0.2) is 23.5 Å². The van der Waals surface area contributed by atoms with Gasteiger partial charge in [0, 0.05) is 33.0 Å². The number of guanidine groups is 1. The van der Waals surface area contributed by atoms with Gasteiger partial charge in [-0.2, -0.15) is 0 Å². The average molecular weight is 417 g/mol. The van der Waals surface area contributed by atoms with Crippen molar-refractivity contribution < 1.29 is 9.21 Å². The fraction of sp³-hybridized carbons (Fsp3) is 0.286. The minimum Gasteiger partial charge on any atom is -0.454 e. The number of aryl methyl sites for hydroxylation is 1. The molecule has 7 nitrogen and oxygen atoms in total. The van der Waals surface area contributed by atoms with E-state index in [1.807, 2.05) is 30.1 Å². The number of nitrogens with one attached hydrogen (secondary N) is 2. The molecule has 4 N–H and O–H groups in total. The average Bonchev–Trinajstić information content (AvgIpc) is 3.08. The zero-order valence-electron chi connectivity index (χ0n) is 12.5. The second kappa shape index (κ2) is 8.47. The first-order valence-corrected chi connectivity index (χ1v) is 6.52. The number of aliphatic imine (C=N–C) groups is 1. The number of nitrogens with zero attached hydrogens (tertiary/aromatic N) is 2. The van der Waals surface area contributed by atoms with E-state index in [4.69, 9.17) is 10.2 Å². The Morgan fingerprint density at radius 3 is 2.59 bits per heavy atom. The number of aromatic nitrogens is 1. The van der Waals surface area contributed by atoms with Crippen LogP contribution in [0.1, 0.15) is 21.9 Å². The van der Waals surface area contributed by atoms with Gasteiger partial charge in [0.1, 0.15) is 5.76 Å². The molecule has 2 aromatic heterocycles. The SMILES string of the molecule is CN=C(NCc1ccn(C)c1)NCc1ccc(C(N)=O)o1.I. The van der Waals surface area contributed by atoms with Crippen LogP contribution in [0.25, 0.3) is 0 Å². The fourth-order valence-electron chi connectivity index (χ4n) is 1.85. The van der Waals surface area contributed by atoms with Gasteiger partial charge in [-0.15, -0.1) is 24.0 Å². The summed E-state index contributed by atoms with van der Waals surface area (Å²) in [6.45, 7) is 1.09. The highest BCUT2D eigenvalue weighted by molar-refractivity contribution is 14.0. The van der Waals surface area contributed by atoms with Crippen LogP contribution in [0.3, 0.4) is 0 Å². The number of hydrogen-bond donors (Lipinski definition) is 3. The Balaban J connectivity index is 0.00000242. The van der Waals surface area contributed by atoms with Gasteiger partial charge < -0.3 is 25.4 Å². The zero-order valence-corrected chi connectivity index (χ0v) is 14.8. The lowest BCUT2D eigenvalue weighted by Crippen LogP contribution is -2.36. The van der Waals surface area contributed by atoms with Gasteiger partial charge in [-0.25, -0.2) is 0 Å². The molecule has 8 heteroatoms. The summed E-state index contributed by atoms with van der Waals surface area (Å²) in [4.78, 5) is 15.1. The molecule has 0 aliphatic rings. The van der Waals surface area contributed by atoms with Gasteiger partial charge >= 0.3 is 0 Å². The molecule has 1 amide bonds. The van der Waals surface area contributed by atoms with E-state index in [-0.39, 0.29) is 29.7 Å². The Hall–Kier alpha value is -1.97. The third-order valence-electron chi connectivity index (χ3n) is 2.91. The molecule has 0 unspecified atom stereocenters. The van der Waals surface area contributed by atoms with Crippen molar-refractivity contribution in [2.75, 3.05) is 7.05 Å². The number of primary amides is 1. The molecule has 0 saturated carbocycles. The van der Waals surface area contributed by atoms with Crippen molar-refractivity contribution in [2.45, 2.75) is 13.1 Å². The quantitative estimate of drug-likeness (QED) is 0.387. The molecular formula is C14H20IN5O2. The maximum atomic E-state index is 10.9. The molecule has 2 aromatic rings. The minimum absolute atomic E-state index is 0. The van der Waals surface area contributed by atoms with E-state index in [2.05, 4.69) is 15.6 Å². The molecule has 0 bridgehead atoms. The molecular weight excluding hydrogens is 397 g/mol. The number of halogens is 1. The standard InChI is InChI=1S/C14H19N5O2.HI/c1-16-14(17-7-10-5-6-19(2)9-10)18-8-11-3-4-12(21-11)13(15)20;/h3-6,9H,7-8H2,1-2H3,(H2,15,20)(H2,16,17,18);1H. The number of nitrogens with two attached hydrogens (primary N) is 1. The van der Waals surface area contributed by atoms with Crippen molar-refractivity contribution in [2.24, 2.45) is 17.8 Å². The Morgan fingerprint density at radius 2 is 2.05 bits per heavy atom. The summed E-state index contributed by atoms with van der Waals surface area (Å²) in [5.74, 6) is 0.842. The smallest absolute Gasteiger partial charge is 0.284 e. The van der Waals surface area contributed by atoms with Crippen LogP contribution >= 0.6 is 24.0 Å². The minimum atomic E-state index is -0.576. The molecule has 0 fully saturated rings. The molecule has 0 spiro atoms. The van der Waals surface area contributed by atoms with E-state index in [0.29, 0.717) is 24.8 Å². The van der Waals surface area contributed by atoms with Gasteiger partial charge in [0.2, 0.25) is 0 Å². The number of rotatable bonds is 5. The molecule has 120 valence electrons. The van der Waals surface area contributed by atoms with E-state index in [0.717, 1.165) is 5.56 Å². The number of amides is 1. The van der Waals surface area contributed by atoms with Crippen LogP contribution in [0.15, 0.2) is 40.0 Å². The van der Waals surface area contributed by atoms with Gasteiger partial charge in [-0.1, -0.05) is 0 Å². The van der Waals surface area contributed by atoms with Crippen molar-refractivity contribution >= 4 is 35.8 Å². The van der Waals surface area contributed by atoms with Gasteiger partial charge in [-0.3, -0.25) is 9.79 Å². The fourth-order valence-corrected chi connectivity index (χ4v) is 1.85. The Kier molecular flexibility index (Phi) is 6.96. The lowest BCUT2D eigenvalue weighted by Gasteiger charge is -2.10. The van der Waals surface area contributed by atoms with E-state index < -0.39 is 5.91 Å². The third kappa shape index (κ3) is 5.10. The van der Waals surface area contributed by atoms with Gasteiger partial charge in [0.05, 0.1) is 6.54 Å². The van der Waals surface area contributed by atoms with Gasteiger partial charge in [-0.05, 0) is 23.8 Å². The van der Waals surface area contributed by atoms with E-state index in [1.165, 1.54) is 0 Å². The normalized spacial score (nSPS) is 10.9. The molecule has 2 rings (SSSR count). The van der Waals surface area contributed by atoms with Crippen molar-refractivity contribution in [3.63, 3.8) is 0 Å². The summed E-state index contributed by atoms with van der Waals surface area (Å²) in [7, 11) is 3.67. The maximum absolute atomic E-state index is 10.9. The monoisotopic (exact) mass is 417 g/mol. The van der Waals surface area contributed by atoms with E-state index in [9.17, 15) is 4.79 Å². The second-order valence-electron chi connectivity index (χ2n) is 4.59. The Labute approximate surface area is 146 Å². The largest absolute Gasteiger partial charge is 0.454 e. The van der Waals surface area contributed by atoms with Crippen LogP contribution in [0.2, 0.25) is 0 Å². The Morgan fingerprint density at radius 1 is 1.32 bits per heavy atom. The molecule has 0 saturated heterocycles. The topological polar surface area (TPSA) is 97.6 Å². The van der Waals surface area contributed by atoms with Crippen LogP contribution in [0, 0.1) is 0 Å². The predicted octanol–water partition coefficient (Wildman–Crippen LogP) is 1.20. The van der Waals surface area contributed by atoms with Crippen molar-refractivity contribution in [3.8, 4) is 0 Å². The highest BCUT2D eigenvalue weighted by Gasteiger charge is 2.07. The van der Waals surface area contributed by atoms with Crippen molar-refractivity contribution in [1.29, 1.82) is 0 Å². The summed E-state index contributed by atoms with van der Waals surface area (Å²) in [6.07, 6.45) is 4.02. The van der Waals surface area contributed by atoms with Crippen molar-refractivity contribution in [1.82, 2.24) is 15.2 Å². The van der Waals surface area contributed by atoms with Crippen LogP contribution in [-0.2, 0) is 20.1 Å². The van der Waals surface area contributed by atoms with Crippen LogP contribution in [0.4, 0.5) is 0 Å². The lowest BCUT2D eigenvalue weighted by atomic mass is 10.3. The Bertz CT molecular complexity index is 647. The first kappa shape index (κ1) is 18.1. The van der Waals surface area contributed by atoms with Gasteiger partial charge in [0.25, 0.3) is 5.91 Å². The number of hydrogen-bond acceptors (Lipinski definition) is 3. The predicted molar refractivity (Wildman–Crippen MR) is 95.1 cm³/mol. The highest BCUT2D eigenvalue weighted by Crippen LogP contribution is 2.06. The summed E-state index contributed by atoms with van der Waals surface area (Å²) in [5, 5.41) is 6.29. The summed E-state index contributed by atoms with van der Waals surface area (Å²) < 4.78 is 7.27. The molecule has 0 radical (unpaired) electrons. The molecule has 0 aromatic carbocycles. The third-order valence-corrected chi connectivity index (χ3v) is 2.91. The maximum Gasteiger partial charge on any atom is 0.284 e. The summed E-state index contributed by atoms with van der Waals surface area (Å²) in [6, 6.07) is 5.29. The molecule has 2 heterocycles. The number of furan rings is 1. The lowest BCUT2D eigenvalue weighted by molar-refractivity contribution is 0.0972. The second-order valence-corrected chi connectivity index (χ2v) is 4.59. The number of carbonyl (C=O) groups excluding carboxylic acids is 1. The first-order chi connectivity index (χ1) is 10.1. The van der Waals surface area contributed by atoms with E-state index >= 15 is 0 Å². The number of carbonyl (C=O) groups is 1. The van der Waals surface area contributed by atoms with Crippen LogP contribution < -0.4 is 16.4 Å². The summed E-state index contributed by atoms with van der Waals surface area (Å²) >= 11 is 0. The first-order valence-electron chi connectivity index (χ1n) is 6.52. The van der Waals surface area contributed by atoms with Crippen molar-refractivity contribution in [3.05, 3.63) is 47.7 Å². The molecule has 22 heavy (non-hydrogen) atoms. The summed E-state index contributed by atoms with van der Waals surface area (Å²) in [5.41, 5.74) is 6.29. The molecule has 0 aliphatic heterocycles. The van der Waals surface area contributed by atoms with Gasteiger partial charge in [0.15, 0.2) is 11.7 Å². The highest BCUT2D eigenvalue weighted by atomic mass is 127. The van der Waals surface area contributed by atoms with Crippen LogP contribution in [0.5, 0.6) is 0 Å². The molecule has 0 aliphatic carbocycles. The zero-order chi connectivity index (χ0) is 15.2.